The molecule has 0 spiro atoms. The number of Topliss-reactive ketones (excluding diaryl/α,β-unsaturated/α-hetero) is 1. The number of hydrogen-bond acceptors (Lipinski definition) is 3. The number of rotatable bonds is 3. The number of hydrogen-bond donors (Lipinski definition) is 1. The molecule has 80 valence electrons. The first kappa shape index (κ1) is 10.1. The minimum atomic E-state index is -1.48. The number of ketones is 1. The summed E-state index contributed by atoms with van der Waals surface area (Å²) in [6, 6.07) is 9.13. The Kier molecular flexibility index (Phi) is 2.51. The summed E-state index contributed by atoms with van der Waals surface area (Å²) in [5.74, 6) is -2.44. The highest BCUT2D eigenvalue weighted by Gasteiger charge is 2.16. The second-order valence-electron chi connectivity index (χ2n) is 3.14. The summed E-state index contributed by atoms with van der Waals surface area (Å²) < 4.78 is 1.45. The van der Waals surface area contributed by atoms with Gasteiger partial charge >= 0.3 is 5.97 Å². The molecule has 0 aliphatic carbocycles. The molecule has 0 aliphatic heterocycles. The third-order valence-electron chi connectivity index (χ3n) is 2.06. The van der Waals surface area contributed by atoms with E-state index in [0.29, 0.717) is 0 Å². The van der Waals surface area contributed by atoms with E-state index in [1.54, 1.807) is 0 Å². The molecule has 0 unspecified atom stereocenters. The molecule has 1 heterocycles. The molecule has 0 saturated carbocycles. The zero-order valence-corrected chi connectivity index (χ0v) is 8.20. The maximum absolute atomic E-state index is 11.1. The molecular weight excluding hydrogens is 208 g/mol. The van der Waals surface area contributed by atoms with Gasteiger partial charge in [-0.3, -0.25) is 4.79 Å². The molecule has 1 aromatic carbocycles. The van der Waals surface area contributed by atoms with Crippen LogP contribution in [0.25, 0.3) is 5.69 Å². The van der Waals surface area contributed by atoms with Crippen LogP contribution in [0.15, 0.2) is 42.7 Å². The van der Waals surface area contributed by atoms with Crippen LogP contribution in [-0.2, 0) is 4.79 Å². The third kappa shape index (κ3) is 1.83. The van der Waals surface area contributed by atoms with E-state index in [2.05, 4.69) is 5.10 Å². The van der Waals surface area contributed by atoms with Crippen molar-refractivity contribution in [3.63, 3.8) is 0 Å². The first-order valence-corrected chi connectivity index (χ1v) is 4.56. The van der Waals surface area contributed by atoms with Crippen molar-refractivity contribution in [2.24, 2.45) is 0 Å². The van der Waals surface area contributed by atoms with E-state index in [9.17, 15) is 9.59 Å². The summed E-state index contributed by atoms with van der Waals surface area (Å²) >= 11 is 0. The second kappa shape index (κ2) is 3.98. The highest BCUT2D eigenvalue weighted by molar-refractivity contribution is 6.39. The molecule has 0 saturated heterocycles. The summed E-state index contributed by atoms with van der Waals surface area (Å²) in [4.78, 5) is 21.6. The number of para-hydroxylation sites is 1. The van der Waals surface area contributed by atoms with Crippen LogP contribution in [0.5, 0.6) is 0 Å². The van der Waals surface area contributed by atoms with Crippen molar-refractivity contribution in [3.8, 4) is 5.69 Å². The molecule has 5 heteroatoms. The summed E-state index contributed by atoms with van der Waals surface area (Å²) in [6.07, 6.45) is 2.63. The van der Waals surface area contributed by atoms with Crippen LogP contribution in [0.1, 0.15) is 10.4 Å². The number of carbonyl (C=O) groups excluding carboxylic acids is 1. The van der Waals surface area contributed by atoms with Crippen molar-refractivity contribution in [1.29, 1.82) is 0 Å². The molecular formula is C11H8N2O3. The highest BCUT2D eigenvalue weighted by Crippen LogP contribution is 2.07. The second-order valence-corrected chi connectivity index (χ2v) is 3.14. The van der Waals surface area contributed by atoms with Gasteiger partial charge < -0.3 is 5.11 Å². The van der Waals surface area contributed by atoms with Crippen molar-refractivity contribution < 1.29 is 14.7 Å². The van der Waals surface area contributed by atoms with E-state index in [0.717, 1.165) is 5.69 Å². The Labute approximate surface area is 90.9 Å². The van der Waals surface area contributed by atoms with Gasteiger partial charge in [-0.1, -0.05) is 18.2 Å². The van der Waals surface area contributed by atoms with E-state index in [1.165, 1.54) is 17.1 Å². The first-order valence-electron chi connectivity index (χ1n) is 4.56. The van der Waals surface area contributed by atoms with Gasteiger partial charge in [0.25, 0.3) is 5.78 Å². The van der Waals surface area contributed by atoms with Crippen LogP contribution < -0.4 is 0 Å². The fourth-order valence-electron chi connectivity index (χ4n) is 1.29. The lowest BCUT2D eigenvalue weighted by Crippen LogP contribution is -2.11. The van der Waals surface area contributed by atoms with E-state index in [4.69, 9.17) is 5.11 Å². The normalized spacial score (nSPS) is 10.0. The molecule has 1 aromatic heterocycles. The van der Waals surface area contributed by atoms with E-state index < -0.39 is 11.8 Å². The van der Waals surface area contributed by atoms with Gasteiger partial charge in [-0.05, 0) is 12.1 Å². The van der Waals surface area contributed by atoms with Crippen molar-refractivity contribution in [2.45, 2.75) is 0 Å². The minimum Gasteiger partial charge on any atom is -0.475 e. The molecule has 0 fully saturated rings. The van der Waals surface area contributed by atoms with Crippen molar-refractivity contribution >= 4 is 11.8 Å². The predicted octanol–water partition coefficient (Wildman–Crippen LogP) is 1.14. The van der Waals surface area contributed by atoms with Gasteiger partial charge in [0.05, 0.1) is 17.4 Å². The number of carboxylic acid groups (broad SMARTS) is 1. The van der Waals surface area contributed by atoms with Gasteiger partial charge in [0.15, 0.2) is 0 Å². The average Bonchev–Trinajstić information content (AvgIpc) is 2.78. The van der Waals surface area contributed by atoms with E-state index in [-0.39, 0.29) is 5.56 Å². The Morgan fingerprint density at radius 1 is 1.19 bits per heavy atom. The van der Waals surface area contributed by atoms with Crippen molar-refractivity contribution in [2.75, 3.05) is 0 Å². The quantitative estimate of drug-likeness (QED) is 0.616. The van der Waals surface area contributed by atoms with Gasteiger partial charge in [0.1, 0.15) is 0 Å². The monoisotopic (exact) mass is 216 g/mol. The van der Waals surface area contributed by atoms with Crippen LogP contribution in [0.4, 0.5) is 0 Å². The lowest BCUT2D eigenvalue weighted by Gasteiger charge is -1.98. The van der Waals surface area contributed by atoms with Crippen molar-refractivity contribution in [3.05, 3.63) is 48.3 Å². The number of nitrogens with zero attached hydrogens (tertiary/aromatic N) is 2. The molecule has 0 bridgehead atoms. The predicted molar refractivity (Wildman–Crippen MR) is 55.5 cm³/mol. The largest absolute Gasteiger partial charge is 0.475 e. The molecule has 2 aromatic rings. The zero-order valence-electron chi connectivity index (χ0n) is 8.20. The summed E-state index contributed by atoms with van der Waals surface area (Å²) in [6.45, 7) is 0. The molecule has 16 heavy (non-hydrogen) atoms. The van der Waals surface area contributed by atoms with E-state index >= 15 is 0 Å². The molecule has 5 nitrogen and oxygen atoms in total. The Bertz CT molecular complexity index is 531. The molecule has 0 atom stereocenters. The highest BCUT2D eigenvalue weighted by atomic mass is 16.4. The molecule has 1 N–H and O–H groups in total. The minimum absolute atomic E-state index is 0.0661. The summed E-state index contributed by atoms with van der Waals surface area (Å²) in [5.41, 5.74) is 0.836. The Morgan fingerprint density at radius 2 is 1.88 bits per heavy atom. The SMILES string of the molecule is O=C(O)C(=O)c1cnn(-c2ccccc2)c1. The molecule has 0 aliphatic rings. The molecule has 0 radical (unpaired) electrons. The third-order valence-corrected chi connectivity index (χ3v) is 2.06. The maximum atomic E-state index is 11.1. The smallest absolute Gasteiger partial charge is 0.377 e. The fourth-order valence-corrected chi connectivity index (χ4v) is 1.29. The Morgan fingerprint density at radius 3 is 2.50 bits per heavy atom. The van der Waals surface area contributed by atoms with Crippen LogP contribution in [0.3, 0.4) is 0 Å². The number of aromatic nitrogens is 2. The Hall–Kier alpha value is -2.43. The number of carbonyl (C=O) groups is 2. The number of carboxylic acids is 1. The lowest BCUT2D eigenvalue weighted by molar-refractivity contribution is -0.131. The number of benzene rings is 1. The number of aliphatic carboxylic acids is 1. The van der Waals surface area contributed by atoms with E-state index in [1.807, 2.05) is 30.3 Å². The van der Waals surface area contributed by atoms with Crippen molar-refractivity contribution in [1.82, 2.24) is 9.78 Å². The average molecular weight is 216 g/mol. The standard InChI is InChI=1S/C11H8N2O3/c14-10(11(15)16)8-6-12-13(7-8)9-4-2-1-3-5-9/h1-7H,(H,15,16). The molecule has 0 amide bonds. The lowest BCUT2D eigenvalue weighted by atomic mass is 10.2. The first-order chi connectivity index (χ1) is 7.68. The van der Waals surface area contributed by atoms with Gasteiger partial charge in [0.2, 0.25) is 0 Å². The Balaban J connectivity index is 2.34. The summed E-state index contributed by atoms with van der Waals surface area (Å²) in [7, 11) is 0. The summed E-state index contributed by atoms with van der Waals surface area (Å²) in [5, 5.41) is 12.5. The topological polar surface area (TPSA) is 72.2 Å². The van der Waals surface area contributed by atoms with Gasteiger partial charge in [0, 0.05) is 6.20 Å². The van der Waals surface area contributed by atoms with Crippen LogP contribution in [0, 0.1) is 0 Å². The fraction of sp³-hybridized carbons (Fsp3) is 0. The molecule has 2 rings (SSSR count). The maximum Gasteiger partial charge on any atom is 0.377 e. The van der Waals surface area contributed by atoms with Gasteiger partial charge in [-0.15, -0.1) is 0 Å². The zero-order chi connectivity index (χ0) is 11.5. The van der Waals surface area contributed by atoms with Crippen LogP contribution >= 0.6 is 0 Å². The van der Waals surface area contributed by atoms with Crippen LogP contribution in [0.2, 0.25) is 0 Å². The van der Waals surface area contributed by atoms with Gasteiger partial charge in [-0.2, -0.15) is 5.10 Å². The van der Waals surface area contributed by atoms with Crippen LogP contribution in [-0.4, -0.2) is 26.6 Å². The van der Waals surface area contributed by atoms with Gasteiger partial charge in [-0.25, -0.2) is 9.48 Å².